The monoisotopic (exact) mass is 454 g/mol. The predicted molar refractivity (Wildman–Crippen MR) is 103 cm³/mol. The number of hydrogen-bond donors (Lipinski definition) is 2. The zero-order valence-electron chi connectivity index (χ0n) is 16.8. The van der Waals surface area contributed by atoms with E-state index in [4.69, 9.17) is 14.6 Å². The molecule has 1 aliphatic heterocycles. The van der Waals surface area contributed by atoms with E-state index in [-0.39, 0.29) is 11.4 Å². The second-order valence-corrected chi connectivity index (χ2v) is 6.65. The third-order valence-electron chi connectivity index (χ3n) is 4.48. The number of carboxylic acids is 1. The van der Waals surface area contributed by atoms with Crippen molar-refractivity contribution in [3.05, 3.63) is 52.1 Å². The van der Waals surface area contributed by atoms with Gasteiger partial charge in [0.15, 0.2) is 5.75 Å². The van der Waals surface area contributed by atoms with Gasteiger partial charge in [0.1, 0.15) is 0 Å². The standard InChI is InChI=1S/C16H16N6O3.C2HF3O2/c1-20-8-10(6-18-20)12-3-15(22(23)24)16(25-2)4-14(12)21-9-11-5-17-7-13(11)19-21;3-2(4,5)1(6)7/h3-4,6,8-9,17H,5,7H2,1-2H3;(H,6,7). The minimum absolute atomic E-state index is 0.0912. The van der Waals surface area contributed by atoms with Crippen molar-refractivity contribution in [3.63, 3.8) is 0 Å². The van der Waals surface area contributed by atoms with E-state index in [0.29, 0.717) is 17.8 Å². The molecule has 0 saturated heterocycles. The topological polar surface area (TPSA) is 137 Å². The summed E-state index contributed by atoms with van der Waals surface area (Å²) in [6.45, 7) is 1.48. The Morgan fingerprint density at radius 3 is 2.50 bits per heavy atom. The van der Waals surface area contributed by atoms with Crippen LogP contribution in [0.2, 0.25) is 0 Å². The van der Waals surface area contributed by atoms with Crippen LogP contribution in [-0.4, -0.2) is 48.8 Å². The number of aryl methyl sites for hydroxylation is 1. The number of carboxylic acid groups (broad SMARTS) is 1. The number of rotatable bonds is 4. The first-order chi connectivity index (χ1) is 15.0. The Bertz CT molecular complexity index is 1150. The van der Waals surface area contributed by atoms with Gasteiger partial charge in [-0.25, -0.2) is 9.48 Å². The lowest BCUT2D eigenvalue weighted by atomic mass is 10.1. The van der Waals surface area contributed by atoms with Crippen molar-refractivity contribution in [2.24, 2.45) is 7.05 Å². The molecule has 0 unspecified atom stereocenters. The van der Waals surface area contributed by atoms with Crippen LogP contribution < -0.4 is 10.1 Å². The van der Waals surface area contributed by atoms with Crippen molar-refractivity contribution in [1.29, 1.82) is 0 Å². The van der Waals surface area contributed by atoms with Gasteiger partial charge >= 0.3 is 17.8 Å². The number of nitro benzene ring substituents is 1. The van der Waals surface area contributed by atoms with Crippen LogP contribution in [0.4, 0.5) is 18.9 Å². The van der Waals surface area contributed by atoms with E-state index in [0.717, 1.165) is 23.4 Å². The van der Waals surface area contributed by atoms with Crippen LogP contribution in [0, 0.1) is 10.1 Å². The Morgan fingerprint density at radius 1 is 1.31 bits per heavy atom. The maximum atomic E-state index is 11.4. The minimum Gasteiger partial charge on any atom is -0.490 e. The van der Waals surface area contributed by atoms with Crippen LogP contribution in [0.25, 0.3) is 16.8 Å². The van der Waals surface area contributed by atoms with Crippen molar-refractivity contribution in [2.75, 3.05) is 7.11 Å². The number of alkyl halides is 3. The summed E-state index contributed by atoms with van der Waals surface area (Å²) in [6.07, 6.45) is 0.345. The molecule has 1 aromatic carbocycles. The quantitative estimate of drug-likeness (QED) is 0.453. The van der Waals surface area contributed by atoms with Gasteiger partial charge in [0.25, 0.3) is 0 Å². The van der Waals surface area contributed by atoms with Gasteiger partial charge in [-0.1, -0.05) is 0 Å². The van der Waals surface area contributed by atoms with Gasteiger partial charge < -0.3 is 15.2 Å². The van der Waals surface area contributed by atoms with Crippen LogP contribution in [0.1, 0.15) is 11.3 Å². The minimum atomic E-state index is -5.08. The first-order valence-electron chi connectivity index (χ1n) is 8.95. The average Bonchev–Trinajstić information content (AvgIpc) is 3.42. The molecule has 1 aliphatic rings. The lowest BCUT2D eigenvalue weighted by Crippen LogP contribution is -2.21. The molecule has 2 aromatic heterocycles. The van der Waals surface area contributed by atoms with Gasteiger partial charge in [0, 0.05) is 61.4 Å². The van der Waals surface area contributed by atoms with Crippen molar-refractivity contribution in [1.82, 2.24) is 24.9 Å². The molecule has 0 amide bonds. The number of hydrogen-bond acceptors (Lipinski definition) is 7. The zero-order chi connectivity index (χ0) is 23.6. The third kappa shape index (κ3) is 4.69. The molecule has 0 atom stereocenters. The predicted octanol–water partition coefficient (Wildman–Crippen LogP) is 2.43. The number of ether oxygens (including phenoxy) is 1. The first kappa shape index (κ1) is 22.7. The van der Waals surface area contributed by atoms with Crippen molar-refractivity contribution in [3.8, 4) is 22.6 Å². The molecule has 2 N–H and O–H groups in total. The molecule has 0 saturated carbocycles. The summed E-state index contributed by atoms with van der Waals surface area (Å²) in [5, 5.41) is 30.5. The molecular formula is C18H17F3N6O5. The van der Waals surface area contributed by atoms with Crippen LogP contribution >= 0.6 is 0 Å². The summed E-state index contributed by atoms with van der Waals surface area (Å²) in [4.78, 5) is 19.9. The molecule has 4 rings (SSSR count). The Morgan fingerprint density at radius 2 is 2.00 bits per heavy atom. The lowest BCUT2D eigenvalue weighted by Gasteiger charge is -2.11. The summed E-state index contributed by atoms with van der Waals surface area (Å²) in [7, 11) is 3.22. The lowest BCUT2D eigenvalue weighted by molar-refractivity contribution is -0.385. The molecule has 11 nitrogen and oxygen atoms in total. The fraction of sp³-hybridized carbons (Fsp3) is 0.278. The van der Waals surface area contributed by atoms with Gasteiger partial charge in [-0.15, -0.1) is 0 Å². The summed E-state index contributed by atoms with van der Waals surface area (Å²) in [6, 6.07) is 3.16. The van der Waals surface area contributed by atoms with Gasteiger partial charge in [0.05, 0.1) is 29.6 Å². The number of aliphatic carboxylic acids is 1. The second-order valence-electron chi connectivity index (χ2n) is 6.65. The molecule has 0 bridgehead atoms. The highest BCUT2D eigenvalue weighted by molar-refractivity contribution is 5.77. The Labute approximate surface area is 178 Å². The van der Waals surface area contributed by atoms with E-state index >= 15 is 0 Å². The van der Waals surface area contributed by atoms with Crippen LogP contribution in [0.3, 0.4) is 0 Å². The van der Waals surface area contributed by atoms with E-state index in [9.17, 15) is 23.3 Å². The summed E-state index contributed by atoms with van der Waals surface area (Å²) >= 11 is 0. The number of nitrogens with one attached hydrogen (secondary N) is 1. The maximum Gasteiger partial charge on any atom is 0.490 e. The van der Waals surface area contributed by atoms with Crippen molar-refractivity contribution >= 4 is 11.7 Å². The number of fused-ring (bicyclic) bond motifs is 1. The van der Waals surface area contributed by atoms with E-state index in [1.54, 1.807) is 28.7 Å². The van der Waals surface area contributed by atoms with Gasteiger partial charge in [-0.2, -0.15) is 23.4 Å². The highest BCUT2D eigenvalue weighted by Crippen LogP contribution is 2.37. The van der Waals surface area contributed by atoms with Gasteiger partial charge in [0.2, 0.25) is 0 Å². The van der Waals surface area contributed by atoms with Crippen molar-refractivity contribution in [2.45, 2.75) is 19.3 Å². The largest absolute Gasteiger partial charge is 0.490 e. The molecule has 3 aromatic rings. The second kappa shape index (κ2) is 8.66. The number of benzene rings is 1. The van der Waals surface area contributed by atoms with Crippen LogP contribution in [-0.2, 0) is 24.9 Å². The van der Waals surface area contributed by atoms with Crippen molar-refractivity contribution < 1.29 is 32.7 Å². The summed E-state index contributed by atoms with van der Waals surface area (Å²) < 4.78 is 40.4. The van der Waals surface area contributed by atoms with Crippen LogP contribution in [0.5, 0.6) is 5.75 Å². The fourth-order valence-corrected chi connectivity index (χ4v) is 3.03. The van der Waals surface area contributed by atoms with E-state index in [1.807, 2.05) is 12.4 Å². The molecule has 0 fully saturated rings. The molecule has 0 aliphatic carbocycles. The highest BCUT2D eigenvalue weighted by Gasteiger charge is 2.38. The zero-order valence-corrected chi connectivity index (χ0v) is 16.8. The van der Waals surface area contributed by atoms with E-state index in [1.165, 1.54) is 13.2 Å². The normalized spacial score (nSPS) is 12.7. The SMILES string of the molecule is COc1cc(-n2cc3c(n2)CNC3)c(-c2cnn(C)c2)cc1[N+](=O)[O-].O=C(O)C(F)(F)F. The number of carbonyl (C=O) groups is 1. The number of methoxy groups -OCH3 is 1. The molecule has 32 heavy (non-hydrogen) atoms. The first-order valence-corrected chi connectivity index (χ1v) is 8.95. The Balaban J connectivity index is 0.000000360. The molecule has 0 spiro atoms. The third-order valence-corrected chi connectivity index (χ3v) is 4.48. The molecular weight excluding hydrogens is 437 g/mol. The number of nitro groups is 1. The van der Waals surface area contributed by atoms with E-state index in [2.05, 4.69) is 15.5 Å². The van der Waals surface area contributed by atoms with E-state index < -0.39 is 17.1 Å². The summed E-state index contributed by atoms with van der Waals surface area (Å²) in [5.74, 6) is -2.56. The Hall–Kier alpha value is -3.94. The maximum absolute atomic E-state index is 11.4. The Kier molecular flexibility index (Phi) is 6.16. The number of nitrogens with zero attached hydrogens (tertiary/aromatic N) is 5. The number of halogens is 3. The molecule has 14 heteroatoms. The highest BCUT2D eigenvalue weighted by atomic mass is 19.4. The molecule has 170 valence electrons. The molecule has 3 heterocycles. The fourth-order valence-electron chi connectivity index (χ4n) is 3.03. The average molecular weight is 454 g/mol. The molecule has 0 radical (unpaired) electrons. The number of aromatic nitrogens is 4. The van der Waals surface area contributed by atoms with Gasteiger partial charge in [-0.05, 0) is 0 Å². The van der Waals surface area contributed by atoms with Crippen LogP contribution in [0.15, 0.2) is 30.7 Å². The smallest absolute Gasteiger partial charge is 0.490 e. The van der Waals surface area contributed by atoms with Gasteiger partial charge in [-0.3, -0.25) is 14.8 Å². The summed E-state index contributed by atoms with van der Waals surface area (Å²) in [5.41, 5.74) is 4.17.